The van der Waals surface area contributed by atoms with Crippen LogP contribution in [0.3, 0.4) is 0 Å². The smallest absolute Gasteiger partial charge is 0.311 e. The third-order valence-electron chi connectivity index (χ3n) is 4.38. The second-order valence-corrected chi connectivity index (χ2v) is 11.8. The minimum atomic E-state index is -1.98. The second kappa shape index (κ2) is 6.75. The number of carbonyl (C=O) groups excluding carboxylic acids is 1. The Morgan fingerprint density at radius 2 is 1.67 bits per heavy atom. The van der Waals surface area contributed by atoms with E-state index in [2.05, 4.69) is 33.9 Å². The Hall–Kier alpha value is -1.13. The number of ether oxygens (including phenoxy) is 1. The molecule has 0 aliphatic rings. The Kier molecular flexibility index (Phi) is 5.76. The van der Waals surface area contributed by atoms with Crippen LogP contribution < -0.4 is 0 Å². The van der Waals surface area contributed by atoms with E-state index in [0.717, 1.165) is 5.56 Å². The van der Waals surface area contributed by atoms with Crippen molar-refractivity contribution in [3.63, 3.8) is 0 Å². The molecule has 1 aromatic rings. The van der Waals surface area contributed by atoms with Crippen LogP contribution in [-0.4, -0.2) is 21.4 Å². The SMILES string of the molecule is COC(=O)[C@@H](C)[C@@H](O[Si](C)(C)C(C)(C)C)c1ccccc1. The molecule has 1 aromatic carbocycles. The van der Waals surface area contributed by atoms with Crippen LogP contribution in [0.2, 0.25) is 18.1 Å². The van der Waals surface area contributed by atoms with Crippen LogP contribution in [0.4, 0.5) is 0 Å². The summed E-state index contributed by atoms with van der Waals surface area (Å²) < 4.78 is 11.4. The van der Waals surface area contributed by atoms with Gasteiger partial charge in [-0.05, 0) is 30.6 Å². The highest BCUT2D eigenvalue weighted by Gasteiger charge is 2.41. The Labute approximate surface area is 129 Å². The zero-order valence-corrected chi connectivity index (χ0v) is 15.3. The maximum absolute atomic E-state index is 12.0. The van der Waals surface area contributed by atoms with Crippen LogP contribution in [-0.2, 0) is 14.0 Å². The highest BCUT2D eigenvalue weighted by molar-refractivity contribution is 6.74. The molecule has 0 N–H and O–H groups in total. The van der Waals surface area contributed by atoms with Crippen molar-refractivity contribution in [2.75, 3.05) is 7.11 Å². The average molecular weight is 308 g/mol. The predicted molar refractivity (Wildman–Crippen MR) is 88.6 cm³/mol. The molecule has 0 aliphatic heterocycles. The van der Waals surface area contributed by atoms with E-state index in [1.165, 1.54) is 7.11 Å². The van der Waals surface area contributed by atoms with E-state index in [4.69, 9.17) is 9.16 Å². The lowest BCUT2D eigenvalue weighted by Gasteiger charge is -2.40. The molecule has 0 aromatic heterocycles. The zero-order valence-electron chi connectivity index (χ0n) is 14.3. The third kappa shape index (κ3) is 4.42. The molecule has 2 atom stereocenters. The number of esters is 1. The van der Waals surface area contributed by atoms with Crippen molar-refractivity contribution in [2.45, 2.75) is 51.9 Å². The van der Waals surface area contributed by atoms with E-state index in [0.29, 0.717) is 0 Å². The Morgan fingerprint density at radius 1 is 1.14 bits per heavy atom. The molecule has 1 rings (SSSR count). The van der Waals surface area contributed by atoms with Crippen LogP contribution in [0.5, 0.6) is 0 Å². The van der Waals surface area contributed by atoms with Crippen molar-refractivity contribution in [3.05, 3.63) is 35.9 Å². The predicted octanol–water partition coefficient (Wildman–Crippen LogP) is 4.56. The van der Waals surface area contributed by atoms with E-state index >= 15 is 0 Å². The lowest BCUT2D eigenvalue weighted by molar-refractivity contribution is -0.148. The number of methoxy groups -OCH3 is 1. The number of carbonyl (C=O) groups is 1. The number of hydrogen-bond acceptors (Lipinski definition) is 3. The molecule has 0 saturated carbocycles. The molecule has 118 valence electrons. The van der Waals surface area contributed by atoms with Crippen LogP contribution in [0.25, 0.3) is 0 Å². The van der Waals surface area contributed by atoms with Gasteiger partial charge in [-0.2, -0.15) is 0 Å². The van der Waals surface area contributed by atoms with Gasteiger partial charge in [-0.3, -0.25) is 4.79 Å². The van der Waals surface area contributed by atoms with Gasteiger partial charge in [-0.1, -0.05) is 51.1 Å². The van der Waals surface area contributed by atoms with Gasteiger partial charge in [0.15, 0.2) is 8.32 Å². The molecule has 21 heavy (non-hydrogen) atoms. The van der Waals surface area contributed by atoms with Gasteiger partial charge in [-0.15, -0.1) is 0 Å². The fraction of sp³-hybridized carbons (Fsp3) is 0.588. The summed E-state index contributed by atoms with van der Waals surface area (Å²) in [5.41, 5.74) is 1.03. The number of rotatable bonds is 5. The first-order valence-corrected chi connectivity index (χ1v) is 10.3. The molecule has 0 saturated heterocycles. The summed E-state index contributed by atoms with van der Waals surface area (Å²) in [4.78, 5) is 12.0. The molecule has 0 bridgehead atoms. The molecule has 0 unspecified atom stereocenters. The van der Waals surface area contributed by atoms with Gasteiger partial charge in [0.05, 0.1) is 19.1 Å². The Morgan fingerprint density at radius 3 is 2.10 bits per heavy atom. The summed E-state index contributed by atoms with van der Waals surface area (Å²) in [5.74, 6) is -0.561. The van der Waals surface area contributed by atoms with E-state index in [9.17, 15) is 4.79 Å². The van der Waals surface area contributed by atoms with Crippen molar-refractivity contribution >= 4 is 14.3 Å². The molecule has 0 amide bonds. The Bertz CT molecular complexity index is 463. The molecule has 3 nitrogen and oxygen atoms in total. The van der Waals surface area contributed by atoms with Gasteiger partial charge in [0.25, 0.3) is 0 Å². The zero-order chi connectivity index (χ0) is 16.3. The third-order valence-corrected chi connectivity index (χ3v) is 8.84. The van der Waals surface area contributed by atoms with Crippen LogP contribution >= 0.6 is 0 Å². The first-order valence-electron chi connectivity index (χ1n) is 7.41. The summed E-state index contributed by atoms with van der Waals surface area (Å²) in [6, 6.07) is 9.94. The van der Waals surface area contributed by atoms with Crippen LogP contribution in [0.1, 0.15) is 39.4 Å². The van der Waals surface area contributed by atoms with Crippen molar-refractivity contribution in [1.82, 2.24) is 0 Å². The van der Waals surface area contributed by atoms with Gasteiger partial charge in [0.2, 0.25) is 0 Å². The van der Waals surface area contributed by atoms with Gasteiger partial charge >= 0.3 is 5.97 Å². The average Bonchev–Trinajstić information content (AvgIpc) is 2.43. The van der Waals surface area contributed by atoms with Crippen molar-refractivity contribution in [2.24, 2.45) is 5.92 Å². The highest BCUT2D eigenvalue weighted by Crippen LogP contribution is 2.41. The minimum absolute atomic E-state index is 0.0931. The largest absolute Gasteiger partial charge is 0.469 e. The lowest BCUT2D eigenvalue weighted by Crippen LogP contribution is -2.43. The molecule has 0 spiro atoms. The van der Waals surface area contributed by atoms with Crippen molar-refractivity contribution in [3.8, 4) is 0 Å². The molecule has 4 heteroatoms. The normalized spacial score (nSPS) is 15.4. The summed E-state index contributed by atoms with van der Waals surface area (Å²) in [5, 5.41) is 0.0931. The summed E-state index contributed by atoms with van der Waals surface area (Å²) in [6.45, 7) is 12.9. The maximum atomic E-state index is 12.0. The Balaban J connectivity index is 3.12. The van der Waals surface area contributed by atoms with Gasteiger partial charge in [0.1, 0.15) is 0 Å². The molecular weight excluding hydrogens is 280 g/mol. The summed E-state index contributed by atoms with van der Waals surface area (Å²) in [6.07, 6.45) is -0.264. The minimum Gasteiger partial charge on any atom is -0.469 e. The molecule has 0 heterocycles. The second-order valence-electron chi connectivity index (χ2n) is 7.02. The topological polar surface area (TPSA) is 35.5 Å². The lowest BCUT2D eigenvalue weighted by atomic mass is 9.98. The van der Waals surface area contributed by atoms with E-state index in [1.54, 1.807) is 0 Å². The van der Waals surface area contributed by atoms with Crippen molar-refractivity contribution in [1.29, 1.82) is 0 Å². The summed E-state index contributed by atoms with van der Waals surface area (Å²) in [7, 11) is -0.556. The van der Waals surface area contributed by atoms with Gasteiger partial charge in [-0.25, -0.2) is 0 Å². The fourth-order valence-corrected chi connectivity index (χ4v) is 3.23. The van der Waals surface area contributed by atoms with Crippen molar-refractivity contribution < 1.29 is 14.0 Å². The van der Waals surface area contributed by atoms with E-state index in [-0.39, 0.29) is 23.0 Å². The highest BCUT2D eigenvalue weighted by atomic mass is 28.4. The van der Waals surface area contributed by atoms with Gasteiger partial charge in [0, 0.05) is 0 Å². The standard InChI is InChI=1S/C17H28O3Si/c1-13(16(18)19-5)15(14-11-9-8-10-12-14)20-21(6,7)17(2,3)4/h8-13,15H,1-7H3/t13-,15+/m0/s1. The molecular formula is C17H28O3Si. The summed E-state index contributed by atoms with van der Waals surface area (Å²) >= 11 is 0. The molecule has 0 radical (unpaired) electrons. The maximum Gasteiger partial charge on any atom is 0.311 e. The number of benzene rings is 1. The van der Waals surface area contributed by atoms with Crippen LogP contribution in [0.15, 0.2) is 30.3 Å². The van der Waals surface area contributed by atoms with Crippen LogP contribution in [0, 0.1) is 5.92 Å². The van der Waals surface area contributed by atoms with E-state index in [1.807, 2.05) is 37.3 Å². The monoisotopic (exact) mass is 308 g/mol. The van der Waals surface area contributed by atoms with Gasteiger partial charge < -0.3 is 9.16 Å². The first kappa shape index (κ1) is 17.9. The quantitative estimate of drug-likeness (QED) is 0.591. The number of hydrogen-bond donors (Lipinski definition) is 0. The molecule has 0 fully saturated rings. The fourth-order valence-electron chi connectivity index (χ4n) is 1.91. The molecule has 0 aliphatic carbocycles. The first-order chi connectivity index (χ1) is 9.60. The van der Waals surface area contributed by atoms with E-state index < -0.39 is 8.32 Å².